The van der Waals surface area contributed by atoms with Crippen molar-refractivity contribution in [1.82, 2.24) is 4.98 Å². The quantitative estimate of drug-likeness (QED) is 0.741. The van der Waals surface area contributed by atoms with Crippen LogP contribution in [-0.4, -0.2) is 16.6 Å². The first-order valence-corrected chi connectivity index (χ1v) is 4.53. The molecule has 0 aliphatic rings. The highest BCUT2D eigenvalue weighted by Crippen LogP contribution is 2.10. The lowest BCUT2D eigenvalue weighted by molar-refractivity contribution is 0.317. The van der Waals surface area contributed by atoms with Crippen molar-refractivity contribution in [2.45, 2.75) is 13.3 Å². The van der Waals surface area contributed by atoms with E-state index in [9.17, 15) is 0 Å². The summed E-state index contributed by atoms with van der Waals surface area (Å²) in [6, 6.07) is 3.54. The molecule has 0 aliphatic heterocycles. The van der Waals surface area contributed by atoms with Crippen molar-refractivity contribution in [3.8, 4) is 5.75 Å². The highest BCUT2D eigenvalue weighted by atomic mass is 32.1. The predicted octanol–water partition coefficient (Wildman–Crippen LogP) is 1.50. The zero-order chi connectivity index (χ0) is 9.68. The van der Waals surface area contributed by atoms with Gasteiger partial charge in [0.2, 0.25) is 0 Å². The Hall–Kier alpha value is -1.16. The van der Waals surface area contributed by atoms with Crippen molar-refractivity contribution in [3.05, 3.63) is 24.0 Å². The van der Waals surface area contributed by atoms with Crippen LogP contribution in [0.4, 0.5) is 0 Å². The molecule has 0 saturated carbocycles. The number of hydrogen-bond acceptors (Lipinski definition) is 3. The second-order valence-electron chi connectivity index (χ2n) is 2.59. The van der Waals surface area contributed by atoms with Gasteiger partial charge >= 0.3 is 0 Å². The molecule has 0 unspecified atom stereocenters. The number of thiocarbonyl (C=S) groups is 1. The summed E-state index contributed by atoms with van der Waals surface area (Å²) < 4.78 is 5.39. The first-order chi connectivity index (χ1) is 6.24. The van der Waals surface area contributed by atoms with Crippen LogP contribution < -0.4 is 10.5 Å². The van der Waals surface area contributed by atoms with Crippen molar-refractivity contribution in [2.75, 3.05) is 6.61 Å². The summed E-state index contributed by atoms with van der Waals surface area (Å²) in [5.74, 6) is 0.764. The molecule has 0 aliphatic carbocycles. The third kappa shape index (κ3) is 2.99. The van der Waals surface area contributed by atoms with E-state index in [2.05, 4.69) is 11.9 Å². The van der Waals surface area contributed by atoms with Gasteiger partial charge in [0.05, 0.1) is 6.61 Å². The van der Waals surface area contributed by atoms with Gasteiger partial charge in [-0.1, -0.05) is 19.1 Å². The Morgan fingerprint density at radius 3 is 3.08 bits per heavy atom. The van der Waals surface area contributed by atoms with Gasteiger partial charge in [0.25, 0.3) is 0 Å². The van der Waals surface area contributed by atoms with Gasteiger partial charge in [0.15, 0.2) is 0 Å². The molecule has 0 atom stereocenters. The van der Waals surface area contributed by atoms with Crippen LogP contribution >= 0.6 is 12.2 Å². The van der Waals surface area contributed by atoms with Crippen LogP contribution in [0.2, 0.25) is 0 Å². The van der Waals surface area contributed by atoms with Crippen LogP contribution in [0.5, 0.6) is 5.75 Å². The third-order valence-corrected chi connectivity index (χ3v) is 1.67. The number of nitrogens with zero attached hydrogens (tertiary/aromatic N) is 1. The average molecular weight is 196 g/mol. The largest absolute Gasteiger partial charge is 0.493 e. The summed E-state index contributed by atoms with van der Waals surface area (Å²) in [6.45, 7) is 2.75. The monoisotopic (exact) mass is 196 g/mol. The maximum Gasteiger partial charge on any atom is 0.123 e. The van der Waals surface area contributed by atoms with Gasteiger partial charge < -0.3 is 10.5 Å². The van der Waals surface area contributed by atoms with E-state index in [0.717, 1.165) is 12.2 Å². The van der Waals surface area contributed by atoms with Gasteiger partial charge in [-0.25, -0.2) is 0 Å². The summed E-state index contributed by atoms with van der Waals surface area (Å²) in [5.41, 5.74) is 6.03. The molecule has 1 rings (SSSR count). The zero-order valence-electron chi connectivity index (χ0n) is 7.49. The molecule has 0 amide bonds. The highest BCUT2D eigenvalue weighted by molar-refractivity contribution is 7.80. The van der Waals surface area contributed by atoms with Gasteiger partial charge in [-0.3, -0.25) is 4.98 Å². The highest BCUT2D eigenvalue weighted by Gasteiger charge is 1.99. The van der Waals surface area contributed by atoms with Crippen LogP contribution in [-0.2, 0) is 0 Å². The fourth-order valence-corrected chi connectivity index (χ4v) is 0.967. The number of aromatic nitrogens is 1. The SMILES string of the molecule is CCCOc1ccnc(C(N)=S)c1. The molecule has 13 heavy (non-hydrogen) atoms. The third-order valence-electron chi connectivity index (χ3n) is 1.46. The Balaban J connectivity index is 2.73. The number of hydrogen-bond donors (Lipinski definition) is 1. The van der Waals surface area contributed by atoms with Gasteiger partial charge in [0, 0.05) is 12.3 Å². The van der Waals surface area contributed by atoms with Crippen molar-refractivity contribution >= 4 is 17.2 Å². The molecule has 0 spiro atoms. The Morgan fingerprint density at radius 1 is 1.69 bits per heavy atom. The normalized spacial score (nSPS) is 9.62. The fraction of sp³-hybridized carbons (Fsp3) is 0.333. The second kappa shape index (κ2) is 4.77. The van der Waals surface area contributed by atoms with E-state index in [-0.39, 0.29) is 0 Å². The van der Waals surface area contributed by atoms with E-state index >= 15 is 0 Å². The van der Waals surface area contributed by atoms with Crippen molar-refractivity contribution in [1.29, 1.82) is 0 Å². The summed E-state index contributed by atoms with van der Waals surface area (Å²) in [5, 5.41) is 0. The molecule has 0 aromatic carbocycles. The van der Waals surface area contributed by atoms with Crippen molar-refractivity contribution in [3.63, 3.8) is 0 Å². The molecule has 70 valence electrons. The molecule has 4 heteroatoms. The molecule has 0 radical (unpaired) electrons. The average Bonchev–Trinajstić information content (AvgIpc) is 2.15. The van der Waals surface area contributed by atoms with Crippen LogP contribution in [0.3, 0.4) is 0 Å². The first kappa shape index (κ1) is 9.92. The van der Waals surface area contributed by atoms with Gasteiger partial charge in [0.1, 0.15) is 16.4 Å². The maximum absolute atomic E-state index is 5.42. The van der Waals surface area contributed by atoms with E-state index in [1.54, 1.807) is 18.3 Å². The summed E-state index contributed by atoms with van der Waals surface area (Å²) in [4.78, 5) is 4.29. The molecule has 2 N–H and O–H groups in total. The molecular formula is C9H12N2OS. The Bertz CT molecular complexity index is 301. The maximum atomic E-state index is 5.42. The van der Waals surface area contributed by atoms with Crippen LogP contribution in [0.25, 0.3) is 0 Å². The minimum atomic E-state index is 0.293. The van der Waals surface area contributed by atoms with Crippen LogP contribution in [0, 0.1) is 0 Å². The molecule has 1 aromatic rings. The molecule has 1 aromatic heterocycles. The van der Waals surface area contributed by atoms with Crippen molar-refractivity contribution < 1.29 is 4.74 Å². The first-order valence-electron chi connectivity index (χ1n) is 4.12. The fourth-order valence-electron chi connectivity index (χ4n) is 0.856. The predicted molar refractivity (Wildman–Crippen MR) is 55.9 cm³/mol. The van der Waals surface area contributed by atoms with E-state index < -0.39 is 0 Å². The van der Waals surface area contributed by atoms with E-state index in [0.29, 0.717) is 17.3 Å². The molecule has 1 heterocycles. The zero-order valence-corrected chi connectivity index (χ0v) is 8.30. The van der Waals surface area contributed by atoms with E-state index in [4.69, 9.17) is 22.7 Å². The minimum Gasteiger partial charge on any atom is -0.493 e. The molecule has 0 fully saturated rings. The molecule has 0 bridgehead atoms. The second-order valence-corrected chi connectivity index (χ2v) is 3.03. The van der Waals surface area contributed by atoms with Gasteiger partial charge in [-0.05, 0) is 12.5 Å². The van der Waals surface area contributed by atoms with Crippen molar-refractivity contribution in [2.24, 2.45) is 5.73 Å². The Kier molecular flexibility index (Phi) is 3.64. The number of nitrogens with two attached hydrogens (primary N) is 1. The Morgan fingerprint density at radius 2 is 2.46 bits per heavy atom. The number of pyridine rings is 1. The summed E-state index contributed by atoms with van der Waals surface area (Å²) in [7, 11) is 0. The minimum absolute atomic E-state index is 0.293. The number of rotatable bonds is 4. The standard InChI is InChI=1S/C9H12N2OS/c1-2-5-12-7-3-4-11-8(6-7)9(10)13/h3-4,6H,2,5H2,1H3,(H2,10,13). The summed E-state index contributed by atoms with van der Waals surface area (Å²) in [6.07, 6.45) is 2.62. The van der Waals surface area contributed by atoms with E-state index in [1.165, 1.54) is 0 Å². The lowest BCUT2D eigenvalue weighted by atomic mass is 10.3. The van der Waals surface area contributed by atoms with Crippen LogP contribution in [0.1, 0.15) is 19.0 Å². The summed E-state index contributed by atoms with van der Waals surface area (Å²) >= 11 is 4.79. The molecule has 0 saturated heterocycles. The smallest absolute Gasteiger partial charge is 0.123 e. The molecule has 3 nitrogen and oxygen atoms in total. The van der Waals surface area contributed by atoms with E-state index in [1.807, 2.05) is 0 Å². The van der Waals surface area contributed by atoms with Crippen LogP contribution in [0.15, 0.2) is 18.3 Å². The lowest BCUT2D eigenvalue weighted by Gasteiger charge is -2.04. The lowest BCUT2D eigenvalue weighted by Crippen LogP contribution is -2.11. The molecular weight excluding hydrogens is 184 g/mol. The van der Waals surface area contributed by atoms with Gasteiger partial charge in [-0.15, -0.1) is 0 Å². The topological polar surface area (TPSA) is 48.1 Å². The van der Waals surface area contributed by atoms with Gasteiger partial charge in [-0.2, -0.15) is 0 Å². The number of ether oxygens (including phenoxy) is 1. The Labute approximate surface area is 82.9 Å².